The number of hydrogen-bond acceptors (Lipinski definition) is 6. The van der Waals surface area contributed by atoms with E-state index in [0.717, 1.165) is 57.0 Å². The van der Waals surface area contributed by atoms with E-state index >= 15 is 0 Å². The highest BCUT2D eigenvalue weighted by atomic mass is 16.5. The molecule has 362 valence electrons. The summed E-state index contributed by atoms with van der Waals surface area (Å²) in [5.74, 6) is 1.48. The molecular formula is C55H107NO5. The molecule has 1 fully saturated rings. The van der Waals surface area contributed by atoms with Crippen LogP contribution in [0.1, 0.15) is 285 Å². The number of unbranched alkanes of at least 4 members (excludes halogenated alkanes) is 21. The highest BCUT2D eigenvalue weighted by molar-refractivity contribution is 5.69. The number of carbonyl (C=O) groups is 2. The molecule has 61 heavy (non-hydrogen) atoms. The van der Waals surface area contributed by atoms with E-state index < -0.39 is 0 Å². The number of carbonyl (C=O) groups excluding carboxylic acids is 2. The summed E-state index contributed by atoms with van der Waals surface area (Å²) in [5, 5.41) is 0. The molecule has 0 spiro atoms. The van der Waals surface area contributed by atoms with Crippen molar-refractivity contribution in [3.05, 3.63) is 0 Å². The quantitative estimate of drug-likeness (QED) is 0.0448. The van der Waals surface area contributed by atoms with Crippen molar-refractivity contribution in [3.63, 3.8) is 0 Å². The van der Waals surface area contributed by atoms with Gasteiger partial charge >= 0.3 is 11.9 Å². The molecule has 6 nitrogen and oxygen atoms in total. The highest BCUT2D eigenvalue weighted by Gasteiger charge is 2.14. The van der Waals surface area contributed by atoms with Gasteiger partial charge in [0.1, 0.15) is 0 Å². The second-order valence-corrected chi connectivity index (χ2v) is 19.5. The van der Waals surface area contributed by atoms with Gasteiger partial charge < -0.3 is 19.1 Å². The highest BCUT2D eigenvalue weighted by Crippen LogP contribution is 2.23. The zero-order valence-electron chi connectivity index (χ0n) is 41.7. The smallest absolute Gasteiger partial charge is 0.305 e. The lowest BCUT2D eigenvalue weighted by atomic mass is 9.92. The van der Waals surface area contributed by atoms with Crippen LogP contribution in [0.4, 0.5) is 0 Å². The minimum atomic E-state index is 0.0154. The molecule has 0 bridgehead atoms. The third-order valence-electron chi connectivity index (χ3n) is 13.7. The fourth-order valence-electron chi connectivity index (χ4n) is 9.48. The van der Waals surface area contributed by atoms with Crippen LogP contribution in [-0.2, 0) is 23.8 Å². The van der Waals surface area contributed by atoms with Gasteiger partial charge in [0, 0.05) is 19.4 Å². The molecule has 1 heterocycles. The van der Waals surface area contributed by atoms with Crippen molar-refractivity contribution in [3.8, 4) is 0 Å². The van der Waals surface area contributed by atoms with Gasteiger partial charge in [-0.25, -0.2) is 0 Å². The Balaban J connectivity index is 2.18. The Labute approximate surface area is 381 Å². The van der Waals surface area contributed by atoms with Crippen LogP contribution in [0.5, 0.6) is 0 Å². The van der Waals surface area contributed by atoms with Gasteiger partial charge in [-0.2, -0.15) is 0 Å². The van der Waals surface area contributed by atoms with E-state index in [1.165, 1.54) is 225 Å². The molecule has 0 unspecified atom stereocenters. The van der Waals surface area contributed by atoms with Crippen molar-refractivity contribution >= 4 is 11.9 Å². The second-order valence-electron chi connectivity index (χ2n) is 19.5. The molecule has 6 heteroatoms. The zero-order chi connectivity index (χ0) is 44.1. The fourth-order valence-corrected chi connectivity index (χ4v) is 9.48. The Morgan fingerprint density at radius 2 is 0.754 bits per heavy atom. The molecule has 0 aromatic heterocycles. The number of likely N-dealkylation sites (tertiary alicyclic amines) is 1. The summed E-state index contributed by atoms with van der Waals surface area (Å²) in [6, 6.07) is 0. The molecule has 1 rings (SSSR count). The summed E-state index contributed by atoms with van der Waals surface area (Å²) < 4.78 is 17.9. The minimum absolute atomic E-state index is 0.0154. The van der Waals surface area contributed by atoms with Gasteiger partial charge in [0.2, 0.25) is 0 Å². The summed E-state index contributed by atoms with van der Waals surface area (Å²) in [5.41, 5.74) is 0. The van der Waals surface area contributed by atoms with Crippen molar-refractivity contribution in [2.75, 3.05) is 39.5 Å². The maximum absolute atomic E-state index is 12.4. The molecule has 0 N–H and O–H groups in total. The lowest BCUT2D eigenvalue weighted by Gasteiger charge is -2.19. The van der Waals surface area contributed by atoms with E-state index in [-0.39, 0.29) is 11.9 Å². The number of hydrogen-bond donors (Lipinski definition) is 0. The Kier molecular flexibility index (Phi) is 43.1. The molecular weight excluding hydrogens is 755 g/mol. The molecule has 0 atom stereocenters. The Bertz CT molecular complexity index is 842. The van der Waals surface area contributed by atoms with Crippen LogP contribution in [0.15, 0.2) is 0 Å². The standard InChI is InChI=1S/C55H107NO5/c1-5-9-23-35-51(36-24-10-6-2)43-49-60-54(57)41-29-21-17-13-15-19-27-39-53(59-48-34-33-47-56-45-31-32-46-56)40-28-20-16-14-18-22-30-42-55(58)61-50-44-52(37-25-11-7-3)38-26-12-8-4/h51-53H,5-50H2,1-4H3. The lowest BCUT2D eigenvalue weighted by molar-refractivity contribution is -0.145. The van der Waals surface area contributed by atoms with Gasteiger partial charge in [0.05, 0.1) is 19.3 Å². The minimum Gasteiger partial charge on any atom is -0.466 e. The van der Waals surface area contributed by atoms with Crippen molar-refractivity contribution in [2.24, 2.45) is 11.8 Å². The fraction of sp³-hybridized carbons (Fsp3) is 0.964. The molecule has 0 aromatic rings. The van der Waals surface area contributed by atoms with Gasteiger partial charge in [0.15, 0.2) is 0 Å². The third kappa shape index (κ3) is 39.0. The van der Waals surface area contributed by atoms with Crippen LogP contribution in [0.3, 0.4) is 0 Å². The predicted octanol–water partition coefficient (Wildman–Crippen LogP) is 16.7. The van der Waals surface area contributed by atoms with Crippen LogP contribution in [0.2, 0.25) is 0 Å². The number of ether oxygens (including phenoxy) is 3. The third-order valence-corrected chi connectivity index (χ3v) is 13.7. The molecule has 0 amide bonds. The first kappa shape index (κ1) is 57.9. The zero-order valence-corrected chi connectivity index (χ0v) is 41.7. The number of rotatable bonds is 48. The van der Waals surface area contributed by atoms with E-state index in [4.69, 9.17) is 14.2 Å². The van der Waals surface area contributed by atoms with E-state index in [0.29, 0.717) is 32.2 Å². The van der Waals surface area contributed by atoms with E-state index in [1.54, 1.807) is 0 Å². The van der Waals surface area contributed by atoms with Gasteiger partial charge in [-0.15, -0.1) is 0 Å². The lowest BCUT2D eigenvalue weighted by Crippen LogP contribution is -2.21. The number of nitrogens with zero attached hydrogens (tertiary/aromatic N) is 1. The average Bonchev–Trinajstić information content (AvgIpc) is 3.78. The normalized spacial score (nSPS) is 13.4. The van der Waals surface area contributed by atoms with Crippen molar-refractivity contribution in [1.29, 1.82) is 0 Å². The summed E-state index contributed by atoms with van der Waals surface area (Å²) in [6.45, 7) is 15.1. The first-order chi connectivity index (χ1) is 30.0. The average molecular weight is 862 g/mol. The van der Waals surface area contributed by atoms with Crippen LogP contribution in [-0.4, -0.2) is 62.4 Å². The summed E-state index contributed by atoms with van der Waals surface area (Å²) >= 11 is 0. The van der Waals surface area contributed by atoms with Crippen molar-refractivity contribution in [2.45, 2.75) is 291 Å². The molecule has 0 aromatic carbocycles. The largest absolute Gasteiger partial charge is 0.466 e. The summed E-state index contributed by atoms with van der Waals surface area (Å²) in [7, 11) is 0. The second kappa shape index (κ2) is 45.4. The van der Waals surface area contributed by atoms with Gasteiger partial charge in [-0.3, -0.25) is 9.59 Å². The molecule has 1 saturated heterocycles. The van der Waals surface area contributed by atoms with Gasteiger partial charge in [-0.1, -0.05) is 207 Å². The maximum atomic E-state index is 12.4. The van der Waals surface area contributed by atoms with Gasteiger partial charge in [0.25, 0.3) is 0 Å². The maximum Gasteiger partial charge on any atom is 0.305 e. The Morgan fingerprint density at radius 1 is 0.393 bits per heavy atom. The van der Waals surface area contributed by atoms with Crippen molar-refractivity contribution in [1.82, 2.24) is 4.90 Å². The van der Waals surface area contributed by atoms with Crippen LogP contribution >= 0.6 is 0 Å². The van der Waals surface area contributed by atoms with E-state index in [9.17, 15) is 9.59 Å². The van der Waals surface area contributed by atoms with Crippen molar-refractivity contribution < 1.29 is 23.8 Å². The van der Waals surface area contributed by atoms with E-state index in [2.05, 4.69) is 32.6 Å². The first-order valence-corrected chi connectivity index (χ1v) is 27.7. The first-order valence-electron chi connectivity index (χ1n) is 27.7. The molecule has 1 aliphatic rings. The Morgan fingerprint density at radius 3 is 1.15 bits per heavy atom. The molecule has 0 radical (unpaired) electrons. The SMILES string of the molecule is CCCCCC(CCCCC)CCOC(=O)CCCCCCCCCC(CCCCCCCCCC(=O)OCCC(CCCCC)CCCCC)OCCCCN1CCCC1. The van der Waals surface area contributed by atoms with Crippen LogP contribution < -0.4 is 0 Å². The topological polar surface area (TPSA) is 65.1 Å². The number of esters is 2. The summed E-state index contributed by atoms with van der Waals surface area (Å²) in [6.07, 6.45) is 49.0. The van der Waals surface area contributed by atoms with E-state index in [1.807, 2.05) is 0 Å². The molecule has 0 aliphatic carbocycles. The monoisotopic (exact) mass is 862 g/mol. The predicted molar refractivity (Wildman–Crippen MR) is 262 cm³/mol. The summed E-state index contributed by atoms with van der Waals surface area (Å²) in [4.78, 5) is 27.4. The van der Waals surface area contributed by atoms with Crippen LogP contribution in [0, 0.1) is 11.8 Å². The molecule has 0 saturated carbocycles. The van der Waals surface area contributed by atoms with Crippen LogP contribution in [0.25, 0.3) is 0 Å². The Hall–Kier alpha value is -1.14. The van der Waals surface area contributed by atoms with Gasteiger partial charge in [-0.05, 0) is 95.7 Å². The molecule has 1 aliphatic heterocycles.